The summed E-state index contributed by atoms with van der Waals surface area (Å²) in [7, 11) is 0. The molecule has 0 saturated heterocycles. The Bertz CT molecular complexity index is 198. The Morgan fingerprint density at radius 1 is 0.917 bits per heavy atom. The van der Waals surface area contributed by atoms with Crippen molar-refractivity contribution >= 4 is 12.6 Å². The zero-order valence-corrected chi connectivity index (χ0v) is 5.99. The Labute approximate surface area is 67.5 Å². The summed E-state index contributed by atoms with van der Waals surface area (Å²) in [5.41, 5.74) is 0. The highest BCUT2D eigenvalue weighted by Crippen LogP contribution is 2.44. The highest BCUT2D eigenvalue weighted by Gasteiger charge is 2.59. The van der Waals surface area contributed by atoms with Gasteiger partial charge in [0, 0.05) is 0 Å². The van der Waals surface area contributed by atoms with Gasteiger partial charge in [-0.05, 0) is 0 Å². The fourth-order valence-corrected chi connectivity index (χ4v) is 0.349. The van der Waals surface area contributed by atoms with Crippen molar-refractivity contribution in [3.05, 3.63) is 11.9 Å². The molecule has 0 aliphatic carbocycles. The third-order valence-electron chi connectivity index (χ3n) is 0.819. The molecule has 0 fully saturated rings. The van der Waals surface area contributed by atoms with Crippen molar-refractivity contribution in [3.8, 4) is 0 Å². The minimum atomic E-state index is -5.59. The Balaban J connectivity index is 5.01. The molecule has 0 aromatic carbocycles. The molecule has 0 aliphatic heterocycles. The molecule has 0 N–H and O–H groups in total. The van der Waals surface area contributed by atoms with Crippen LogP contribution >= 0.6 is 12.6 Å². The first-order valence-electron chi connectivity index (χ1n) is 2.30. The van der Waals surface area contributed by atoms with Crippen LogP contribution in [0.2, 0.25) is 0 Å². The topological polar surface area (TPSA) is 0 Å². The molecular formula is C4HF7S. The van der Waals surface area contributed by atoms with Crippen LogP contribution in [0.3, 0.4) is 0 Å². The van der Waals surface area contributed by atoms with Gasteiger partial charge in [0.25, 0.3) is 0 Å². The van der Waals surface area contributed by atoms with E-state index in [1.807, 2.05) is 12.6 Å². The summed E-state index contributed by atoms with van der Waals surface area (Å²) in [5.74, 6) is -9.06. The lowest BCUT2D eigenvalue weighted by atomic mass is 10.3. The third-order valence-corrected chi connectivity index (χ3v) is 1.10. The molecule has 0 unspecified atom stereocenters. The van der Waals surface area contributed by atoms with Crippen LogP contribution in [0.4, 0.5) is 30.7 Å². The molecule has 0 aromatic heterocycles. The number of alkyl halides is 4. The van der Waals surface area contributed by atoms with Gasteiger partial charge in [0.05, 0.1) is 0 Å². The molecule has 8 heteroatoms. The maximum Gasteiger partial charge on any atom is 0.375 e. The molecular weight excluding hydrogens is 213 g/mol. The van der Waals surface area contributed by atoms with Crippen LogP contribution in [0.25, 0.3) is 0 Å². The van der Waals surface area contributed by atoms with E-state index in [1.165, 1.54) is 0 Å². The molecule has 0 spiro atoms. The van der Waals surface area contributed by atoms with Gasteiger partial charge in [-0.3, -0.25) is 0 Å². The lowest BCUT2D eigenvalue weighted by Gasteiger charge is -2.19. The second kappa shape index (κ2) is 3.15. The van der Waals surface area contributed by atoms with Gasteiger partial charge in [-0.25, -0.2) is 0 Å². The summed E-state index contributed by atoms with van der Waals surface area (Å²) >= 11 is 1.98. The monoisotopic (exact) mass is 214 g/mol. The van der Waals surface area contributed by atoms with Crippen LogP contribution in [0, 0.1) is 0 Å². The van der Waals surface area contributed by atoms with Crippen molar-refractivity contribution in [1.29, 1.82) is 0 Å². The van der Waals surface area contributed by atoms with Crippen LogP contribution in [0.1, 0.15) is 0 Å². The third kappa shape index (κ3) is 2.05. The second-order valence-corrected chi connectivity index (χ2v) is 2.25. The Hall–Kier alpha value is -0.400. The second-order valence-electron chi connectivity index (χ2n) is 1.69. The van der Waals surface area contributed by atoms with Crippen LogP contribution in [-0.4, -0.2) is 11.2 Å². The van der Waals surface area contributed by atoms with Crippen LogP contribution in [-0.2, 0) is 0 Å². The lowest BCUT2D eigenvalue weighted by molar-refractivity contribution is -0.137. The summed E-state index contributed by atoms with van der Waals surface area (Å²) in [4.78, 5) is 0. The molecule has 0 aliphatic rings. The lowest BCUT2D eigenvalue weighted by Crippen LogP contribution is -2.36. The summed E-state index contributed by atoms with van der Waals surface area (Å²) in [6, 6.07) is 0. The molecule has 0 saturated carbocycles. The number of hydrogen-bond acceptors (Lipinski definition) is 1. The molecule has 0 heterocycles. The van der Waals surface area contributed by atoms with E-state index in [0.29, 0.717) is 0 Å². The highest BCUT2D eigenvalue weighted by molar-refractivity contribution is 7.81. The van der Waals surface area contributed by atoms with Crippen LogP contribution in [0.15, 0.2) is 11.9 Å². The van der Waals surface area contributed by atoms with E-state index >= 15 is 0 Å². The first-order valence-corrected chi connectivity index (χ1v) is 2.74. The molecule has 0 atom stereocenters. The van der Waals surface area contributed by atoms with E-state index in [0.717, 1.165) is 0 Å². The highest BCUT2D eigenvalue weighted by atomic mass is 32.1. The minimum absolute atomic E-state index is 1.98. The van der Waals surface area contributed by atoms with Crippen molar-refractivity contribution in [2.45, 2.75) is 11.2 Å². The summed E-state index contributed by atoms with van der Waals surface area (Å²) in [6.45, 7) is 0. The average molecular weight is 214 g/mol. The number of rotatable bonds is 2. The van der Waals surface area contributed by atoms with E-state index in [2.05, 4.69) is 0 Å². The predicted molar refractivity (Wildman–Crippen MR) is 29.2 cm³/mol. The van der Waals surface area contributed by atoms with Crippen LogP contribution < -0.4 is 0 Å². The first-order chi connectivity index (χ1) is 5.10. The van der Waals surface area contributed by atoms with Gasteiger partial charge >= 0.3 is 17.3 Å². The smallest absolute Gasteiger partial charge is 0.199 e. The fraction of sp³-hybridized carbons (Fsp3) is 0.500. The zero-order valence-electron chi connectivity index (χ0n) is 5.09. The minimum Gasteiger partial charge on any atom is -0.199 e. The number of hydrogen-bond donors (Lipinski definition) is 1. The van der Waals surface area contributed by atoms with Gasteiger partial charge in [0.15, 0.2) is 0 Å². The number of halogens is 7. The van der Waals surface area contributed by atoms with Gasteiger partial charge in [0.1, 0.15) is 0 Å². The largest absolute Gasteiger partial charge is 0.375 e. The van der Waals surface area contributed by atoms with E-state index < -0.39 is 23.1 Å². The number of allylic oxidation sites excluding steroid dienone is 1. The van der Waals surface area contributed by atoms with Gasteiger partial charge < -0.3 is 0 Å². The van der Waals surface area contributed by atoms with E-state index in [4.69, 9.17) is 0 Å². The molecule has 0 rings (SSSR count). The van der Waals surface area contributed by atoms with Crippen molar-refractivity contribution in [1.82, 2.24) is 0 Å². The van der Waals surface area contributed by atoms with Crippen molar-refractivity contribution in [2.24, 2.45) is 0 Å². The van der Waals surface area contributed by atoms with E-state index in [9.17, 15) is 30.7 Å². The molecule has 72 valence electrons. The Morgan fingerprint density at radius 2 is 1.25 bits per heavy atom. The average Bonchev–Trinajstić information content (AvgIpc) is 1.83. The normalized spacial score (nSPS) is 13.0. The summed E-state index contributed by atoms with van der Waals surface area (Å²) < 4.78 is 80.8. The fourth-order valence-electron chi connectivity index (χ4n) is 0.251. The maximum atomic E-state index is 11.8. The summed E-state index contributed by atoms with van der Waals surface area (Å²) in [5, 5.41) is -5.15. The molecule has 0 aromatic rings. The first kappa shape index (κ1) is 11.6. The maximum absolute atomic E-state index is 11.8. The molecule has 12 heavy (non-hydrogen) atoms. The zero-order chi connectivity index (χ0) is 10.2. The van der Waals surface area contributed by atoms with Crippen molar-refractivity contribution < 1.29 is 30.7 Å². The molecule has 0 bridgehead atoms. The van der Waals surface area contributed by atoms with Crippen molar-refractivity contribution in [2.75, 3.05) is 0 Å². The standard InChI is InChI=1S/C4HF7S/c5-1(2(6)7)3(8,9)4(10,11)12/h12H. The molecule has 0 radical (unpaired) electrons. The van der Waals surface area contributed by atoms with Gasteiger partial charge in [-0.2, -0.15) is 30.7 Å². The van der Waals surface area contributed by atoms with Crippen LogP contribution in [0.5, 0.6) is 0 Å². The quantitative estimate of drug-likeness (QED) is 0.529. The SMILES string of the molecule is FC(F)=C(F)C(F)(F)C(F)(F)S. The molecule has 0 amide bonds. The number of thiol groups is 1. The van der Waals surface area contributed by atoms with Gasteiger partial charge in [-0.15, -0.1) is 0 Å². The molecule has 0 nitrogen and oxygen atoms in total. The van der Waals surface area contributed by atoms with Crippen molar-refractivity contribution in [3.63, 3.8) is 0 Å². The van der Waals surface area contributed by atoms with E-state index in [-0.39, 0.29) is 0 Å². The van der Waals surface area contributed by atoms with Gasteiger partial charge in [0.2, 0.25) is 5.83 Å². The predicted octanol–water partition coefficient (Wildman–Crippen LogP) is 3.22. The van der Waals surface area contributed by atoms with E-state index in [1.54, 1.807) is 0 Å². The summed E-state index contributed by atoms with van der Waals surface area (Å²) in [6.07, 6.45) is -3.49. The Morgan fingerprint density at radius 3 is 1.33 bits per heavy atom. The van der Waals surface area contributed by atoms with Gasteiger partial charge in [-0.1, -0.05) is 12.6 Å². The Kier molecular flexibility index (Phi) is 3.05.